The van der Waals surface area contributed by atoms with Gasteiger partial charge in [-0.25, -0.2) is 9.37 Å². The van der Waals surface area contributed by atoms with Gasteiger partial charge in [0.2, 0.25) is 5.95 Å². The van der Waals surface area contributed by atoms with Gasteiger partial charge in [-0.3, -0.25) is 9.48 Å². The molecule has 1 saturated heterocycles. The maximum absolute atomic E-state index is 13.1. The van der Waals surface area contributed by atoms with Crippen molar-refractivity contribution in [3.05, 3.63) is 59.8 Å². The van der Waals surface area contributed by atoms with Crippen LogP contribution in [0.3, 0.4) is 0 Å². The number of benzene rings is 1. The van der Waals surface area contributed by atoms with Crippen molar-refractivity contribution in [3.63, 3.8) is 0 Å². The zero-order chi connectivity index (χ0) is 21.6. The molecule has 1 fully saturated rings. The zero-order valence-electron chi connectivity index (χ0n) is 17.5. The van der Waals surface area contributed by atoms with Gasteiger partial charge in [-0.2, -0.15) is 10.1 Å². The predicted molar refractivity (Wildman–Crippen MR) is 115 cm³/mol. The van der Waals surface area contributed by atoms with Crippen molar-refractivity contribution >= 4 is 23.4 Å². The fraction of sp³-hybridized carbons (Fsp3) is 0.364. The second kappa shape index (κ2) is 7.33. The van der Waals surface area contributed by atoms with Crippen LogP contribution in [0.4, 0.5) is 21.8 Å². The Morgan fingerprint density at radius 1 is 1.19 bits per heavy atom. The Kier molecular flexibility index (Phi) is 4.60. The standard InChI is InChI=1S/C22H24FN7O/c1-22-8-3-9-30(22)19-18(28(2)20(22)31)12-25-21(27-19)24-10-16-11-26-29(14-16)13-15-4-6-17(23)7-5-15/h4-7,11-12,14H,3,8-10,13H2,1-2H3,(H,24,25,27). The summed E-state index contributed by atoms with van der Waals surface area (Å²) in [5.41, 5.74) is 2.17. The molecule has 0 spiro atoms. The molecule has 5 rings (SSSR count). The number of rotatable bonds is 5. The number of amides is 1. The lowest BCUT2D eigenvalue weighted by Crippen LogP contribution is -2.58. The van der Waals surface area contributed by atoms with Gasteiger partial charge < -0.3 is 15.1 Å². The molecule has 1 N–H and O–H groups in total. The molecule has 0 radical (unpaired) electrons. The number of fused-ring (bicyclic) bond motifs is 3. The van der Waals surface area contributed by atoms with E-state index >= 15 is 0 Å². The highest BCUT2D eigenvalue weighted by Crippen LogP contribution is 2.43. The van der Waals surface area contributed by atoms with Gasteiger partial charge >= 0.3 is 0 Å². The third kappa shape index (κ3) is 3.39. The fourth-order valence-corrected chi connectivity index (χ4v) is 4.42. The Morgan fingerprint density at radius 3 is 2.81 bits per heavy atom. The minimum atomic E-state index is -0.533. The van der Waals surface area contributed by atoms with Gasteiger partial charge in [-0.1, -0.05) is 12.1 Å². The van der Waals surface area contributed by atoms with E-state index in [2.05, 4.69) is 20.3 Å². The first kappa shape index (κ1) is 19.5. The van der Waals surface area contributed by atoms with E-state index in [1.807, 2.05) is 17.8 Å². The molecule has 1 amide bonds. The van der Waals surface area contributed by atoms with E-state index in [1.54, 1.807) is 36.5 Å². The first-order valence-electron chi connectivity index (χ1n) is 10.4. The monoisotopic (exact) mass is 421 g/mol. The van der Waals surface area contributed by atoms with Crippen LogP contribution in [-0.4, -0.2) is 44.8 Å². The highest BCUT2D eigenvalue weighted by atomic mass is 19.1. The van der Waals surface area contributed by atoms with Crippen molar-refractivity contribution in [2.24, 2.45) is 0 Å². The van der Waals surface area contributed by atoms with Gasteiger partial charge in [0.1, 0.15) is 17.0 Å². The van der Waals surface area contributed by atoms with E-state index in [0.29, 0.717) is 19.0 Å². The number of carbonyl (C=O) groups excluding carboxylic acids is 1. The van der Waals surface area contributed by atoms with Crippen LogP contribution in [0.25, 0.3) is 0 Å². The van der Waals surface area contributed by atoms with Gasteiger partial charge in [-0.15, -0.1) is 0 Å². The second-order valence-corrected chi connectivity index (χ2v) is 8.32. The molecule has 0 saturated carbocycles. The van der Waals surface area contributed by atoms with Crippen LogP contribution in [0, 0.1) is 5.82 Å². The molecule has 2 aromatic heterocycles. The Labute approximate surface area is 179 Å². The summed E-state index contributed by atoms with van der Waals surface area (Å²) in [5.74, 6) is 1.16. The summed E-state index contributed by atoms with van der Waals surface area (Å²) >= 11 is 0. The molecule has 8 nitrogen and oxygen atoms in total. The summed E-state index contributed by atoms with van der Waals surface area (Å²) in [6.07, 6.45) is 7.24. The van der Waals surface area contributed by atoms with Gasteiger partial charge in [0.25, 0.3) is 5.91 Å². The predicted octanol–water partition coefficient (Wildman–Crippen LogP) is 2.81. The maximum atomic E-state index is 13.1. The number of nitrogens with one attached hydrogen (secondary N) is 1. The van der Waals surface area contributed by atoms with E-state index in [4.69, 9.17) is 4.98 Å². The Bertz CT molecular complexity index is 1130. The van der Waals surface area contributed by atoms with Crippen molar-refractivity contribution in [3.8, 4) is 0 Å². The number of anilines is 3. The summed E-state index contributed by atoms with van der Waals surface area (Å²) < 4.78 is 14.9. The van der Waals surface area contributed by atoms with Crippen LogP contribution in [-0.2, 0) is 17.9 Å². The van der Waals surface area contributed by atoms with Crippen molar-refractivity contribution in [2.45, 2.75) is 38.4 Å². The molecule has 160 valence electrons. The Morgan fingerprint density at radius 2 is 2.00 bits per heavy atom. The normalized spacial score (nSPS) is 20.0. The highest BCUT2D eigenvalue weighted by Gasteiger charge is 2.50. The van der Waals surface area contributed by atoms with Crippen LogP contribution in [0.1, 0.15) is 30.9 Å². The fourth-order valence-electron chi connectivity index (χ4n) is 4.42. The van der Waals surface area contributed by atoms with Crippen molar-refractivity contribution in [1.29, 1.82) is 0 Å². The molecular weight excluding hydrogens is 397 g/mol. The number of likely N-dealkylation sites (N-methyl/N-ethyl adjacent to an activating group) is 1. The first-order valence-corrected chi connectivity index (χ1v) is 10.4. The number of hydrogen-bond donors (Lipinski definition) is 1. The third-order valence-corrected chi connectivity index (χ3v) is 6.17. The molecule has 0 aliphatic carbocycles. The lowest BCUT2D eigenvalue weighted by Gasteiger charge is -2.43. The molecular formula is C22H24FN7O. The SMILES string of the molecule is CN1C(=O)C2(C)CCCN2c2nc(NCc3cnn(Cc4ccc(F)cc4)c3)ncc21. The number of nitrogens with zero attached hydrogens (tertiary/aromatic N) is 6. The number of halogens is 1. The summed E-state index contributed by atoms with van der Waals surface area (Å²) in [6.45, 7) is 3.90. The molecule has 2 aliphatic rings. The lowest BCUT2D eigenvalue weighted by atomic mass is 9.94. The zero-order valence-corrected chi connectivity index (χ0v) is 17.5. The highest BCUT2D eigenvalue weighted by molar-refractivity contribution is 6.07. The molecule has 31 heavy (non-hydrogen) atoms. The van der Waals surface area contributed by atoms with Gasteiger partial charge in [0.05, 0.1) is 18.9 Å². The topological polar surface area (TPSA) is 79.2 Å². The Hall–Kier alpha value is -3.49. The van der Waals surface area contributed by atoms with E-state index in [1.165, 1.54) is 12.1 Å². The second-order valence-electron chi connectivity index (χ2n) is 8.32. The van der Waals surface area contributed by atoms with Crippen molar-refractivity contribution < 1.29 is 9.18 Å². The van der Waals surface area contributed by atoms with Gasteiger partial charge in [0.15, 0.2) is 5.82 Å². The summed E-state index contributed by atoms with van der Waals surface area (Å²) in [5, 5.41) is 7.64. The van der Waals surface area contributed by atoms with Crippen molar-refractivity contribution in [1.82, 2.24) is 19.7 Å². The lowest BCUT2D eigenvalue weighted by molar-refractivity contribution is -0.123. The molecule has 1 aromatic carbocycles. The minimum Gasteiger partial charge on any atom is -0.350 e. The average molecular weight is 421 g/mol. The molecule has 3 aromatic rings. The van der Waals surface area contributed by atoms with Crippen LogP contribution < -0.4 is 15.1 Å². The van der Waals surface area contributed by atoms with Crippen LogP contribution in [0.5, 0.6) is 0 Å². The van der Waals surface area contributed by atoms with Crippen LogP contribution in [0.2, 0.25) is 0 Å². The van der Waals surface area contributed by atoms with Crippen LogP contribution >= 0.6 is 0 Å². The Balaban J connectivity index is 1.29. The van der Waals surface area contributed by atoms with E-state index < -0.39 is 5.54 Å². The molecule has 9 heteroatoms. The van der Waals surface area contributed by atoms with E-state index in [-0.39, 0.29) is 11.7 Å². The largest absolute Gasteiger partial charge is 0.350 e. The molecule has 2 aliphatic heterocycles. The summed E-state index contributed by atoms with van der Waals surface area (Å²) in [4.78, 5) is 25.7. The minimum absolute atomic E-state index is 0.0929. The van der Waals surface area contributed by atoms with E-state index in [0.717, 1.165) is 42.0 Å². The smallest absolute Gasteiger partial charge is 0.252 e. The third-order valence-electron chi connectivity index (χ3n) is 6.17. The number of carbonyl (C=O) groups is 1. The van der Waals surface area contributed by atoms with Crippen molar-refractivity contribution in [2.75, 3.05) is 28.7 Å². The first-order chi connectivity index (χ1) is 14.9. The summed E-state index contributed by atoms with van der Waals surface area (Å²) in [7, 11) is 1.79. The maximum Gasteiger partial charge on any atom is 0.252 e. The van der Waals surface area contributed by atoms with Gasteiger partial charge in [-0.05, 0) is 37.5 Å². The quantitative estimate of drug-likeness (QED) is 0.683. The number of aromatic nitrogens is 4. The molecule has 0 bridgehead atoms. The van der Waals surface area contributed by atoms with Gasteiger partial charge in [0, 0.05) is 31.9 Å². The summed E-state index contributed by atoms with van der Waals surface area (Å²) in [6, 6.07) is 6.41. The van der Waals surface area contributed by atoms with E-state index in [9.17, 15) is 9.18 Å². The van der Waals surface area contributed by atoms with Crippen LogP contribution in [0.15, 0.2) is 42.9 Å². The average Bonchev–Trinajstić information content (AvgIpc) is 3.39. The molecule has 1 unspecified atom stereocenters. The molecule has 1 atom stereocenters. The molecule has 4 heterocycles. The number of hydrogen-bond acceptors (Lipinski definition) is 6.